The summed E-state index contributed by atoms with van der Waals surface area (Å²) in [5.41, 5.74) is 0. The number of hydrogen-bond acceptors (Lipinski definition) is 3. The van der Waals surface area contributed by atoms with E-state index in [1.54, 1.807) is 0 Å². The third kappa shape index (κ3) is 4.52. The summed E-state index contributed by atoms with van der Waals surface area (Å²) in [6.45, 7) is 3.42. The van der Waals surface area contributed by atoms with Gasteiger partial charge >= 0.3 is 0 Å². The van der Waals surface area contributed by atoms with Crippen molar-refractivity contribution in [3.63, 3.8) is 0 Å². The molecule has 2 aliphatic rings. The molecule has 2 fully saturated rings. The van der Waals surface area contributed by atoms with Gasteiger partial charge in [0.2, 0.25) is 0 Å². The highest BCUT2D eigenvalue weighted by Crippen LogP contribution is 2.27. The van der Waals surface area contributed by atoms with Crippen LogP contribution in [-0.4, -0.2) is 36.5 Å². The summed E-state index contributed by atoms with van der Waals surface area (Å²) < 4.78 is 5.73. The molecular formula is C15H29NO2. The second-order valence-electron chi connectivity index (χ2n) is 6.14. The zero-order chi connectivity index (χ0) is 12.8. The molecule has 0 spiro atoms. The van der Waals surface area contributed by atoms with Gasteiger partial charge < -0.3 is 15.2 Å². The molecule has 2 N–H and O–H groups in total. The molecule has 0 aliphatic heterocycles. The topological polar surface area (TPSA) is 41.5 Å². The molecule has 2 rings (SSSR count). The lowest BCUT2D eigenvalue weighted by atomic mass is 10.00. The van der Waals surface area contributed by atoms with Gasteiger partial charge in [-0.05, 0) is 38.5 Å². The Bertz CT molecular complexity index is 223. The fourth-order valence-electron chi connectivity index (χ4n) is 3.31. The maximum atomic E-state index is 9.91. The molecule has 3 nitrogen and oxygen atoms in total. The summed E-state index contributed by atoms with van der Waals surface area (Å²) >= 11 is 0. The summed E-state index contributed by atoms with van der Waals surface area (Å²) in [6, 6.07) is 0.536. The number of nitrogens with one attached hydrogen (secondary N) is 1. The Hall–Kier alpha value is -0.120. The smallest absolute Gasteiger partial charge is 0.0897 e. The lowest BCUT2D eigenvalue weighted by Gasteiger charge is -2.23. The van der Waals surface area contributed by atoms with Crippen LogP contribution in [0.15, 0.2) is 0 Å². The average Bonchev–Trinajstić information content (AvgIpc) is 3.05. The van der Waals surface area contributed by atoms with Crippen molar-refractivity contribution in [1.29, 1.82) is 0 Å². The van der Waals surface area contributed by atoms with Crippen LogP contribution in [0.25, 0.3) is 0 Å². The maximum Gasteiger partial charge on any atom is 0.0897 e. The molecule has 0 aromatic rings. The van der Waals surface area contributed by atoms with E-state index in [1.165, 1.54) is 51.4 Å². The van der Waals surface area contributed by atoms with Crippen LogP contribution in [0.2, 0.25) is 0 Å². The van der Waals surface area contributed by atoms with E-state index in [1.807, 2.05) is 0 Å². The average molecular weight is 255 g/mol. The first kappa shape index (κ1) is 14.3. The molecule has 0 heterocycles. The molecular weight excluding hydrogens is 226 g/mol. The number of hydrogen-bond donors (Lipinski definition) is 2. The Labute approximate surface area is 111 Å². The van der Waals surface area contributed by atoms with E-state index in [2.05, 4.69) is 12.2 Å². The normalized spacial score (nSPS) is 25.7. The Morgan fingerprint density at radius 3 is 2.39 bits per heavy atom. The fraction of sp³-hybridized carbons (Fsp3) is 1.00. The van der Waals surface area contributed by atoms with Crippen LogP contribution in [-0.2, 0) is 4.74 Å². The van der Waals surface area contributed by atoms with Crippen LogP contribution in [0.3, 0.4) is 0 Å². The van der Waals surface area contributed by atoms with E-state index in [9.17, 15) is 5.11 Å². The Morgan fingerprint density at radius 1 is 1.11 bits per heavy atom. The molecule has 0 amide bonds. The highest BCUT2D eigenvalue weighted by molar-refractivity contribution is 4.78. The van der Waals surface area contributed by atoms with Crippen molar-refractivity contribution in [3.8, 4) is 0 Å². The molecule has 0 radical (unpaired) electrons. The number of ether oxygens (including phenoxy) is 1. The van der Waals surface area contributed by atoms with E-state index in [0.29, 0.717) is 25.3 Å². The molecule has 2 atom stereocenters. The van der Waals surface area contributed by atoms with E-state index in [-0.39, 0.29) is 6.10 Å². The standard InChI is InChI=1S/C15H29NO2/c1-12(13-6-2-3-7-13)16-10-14(17)11-18-15-8-4-5-9-15/h12-17H,2-11H2,1H3. The first-order valence-corrected chi connectivity index (χ1v) is 7.78. The molecule has 106 valence electrons. The van der Waals surface area contributed by atoms with Crippen molar-refractivity contribution in [2.45, 2.75) is 76.5 Å². The lowest BCUT2D eigenvalue weighted by Crippen LogP contribution is -2.39. The van der Waals surface area contributed by atoms with E-state index in [4.69, 9.17) is 4.74 Å². The van der Waals surface area contributed by atoms with Gasteiger partial charge in [0.05, 0.1) is 18.8 Å². The first-order chi connectivity index (χ1) is 8.75. The quantitative estimate of drug-likeness (QED) is 0.734. The summed E-state index contributed by atoms with van der Waals surface area (Å²) in [5, 5.41) is 13.4. The number of aliphatic hydroxyl groups excluding tert-OH is 1. The third-order valence-corrected chi connectivity index (χ3v) is 4.61. The van der Waals surface area contributed by atoms with Crippen LogP contribution < -0.4 is 5.32 Å². The molecule has 18 heavy (non-hydrogen) atoms. The SMILES string of the molecule is CC(NCC(O)COC1CCCC1)C1CCCC1. The van der Waals surface area contributed by atoms with Gasteiger partial charge in [-0.15, -0.1) is 0 Å². The first-order valence-electron chi connectivity index (χ1n) is 7.78. The minimum Gasteiger partial charge on any atom is -0.389 e. The summed E-state index contributed by atoms with van der Waals surface area (Å²) in [5.74, 6) is 0.813. The van der Waals surface area contributed by atoms with Crippen molar-refractivity contribution in [3.05, 3.63) is 0 Å². The van der Waals surface area contributed by atoms with Crippen LogP contribution in [0.1, 0.15) is 58.3 Å². The van der Waals surface area contributed by atoms with Gasteiger partial charge in [0.25, 0.3) is 0 Å². The van der Waals surface area contributed by atoms with Gasteiger partial charge in [0.1, 0.15) is 0 Å². The molecule has 2 aliphatic carbocycles. The van der Waals surface area contributed by atoms with Gasteiger partial charge in [-0.1, -0.05) is 25.7 Å². The fourth-order valence-corrected chi connectivity index (χ4v) is 3.31. The Kier molecular flexibility index (Phi) is 5.93. The second kappa shape index (κ2) is 7.46. The van der Waals surface area contributed by atoms with E-state index in [0.717, 1.165) is 5.92 Å². The van der Waals surface area contributed by atoms with E-state index < -0.39 is 0 Å². The molecule has 0 bridgehead atoms. The summed E-state index contributed by atoms with van der Waals surface area (Å²) in [6.07, 6.45) is 10.5. The highest BCUT2D eigenvalue weighted by Gasteiger charge is 2.22. The van der Waals surface area contributed by atoms with Gasteiger partial charge in [0.15, 0.2) is 0 Å². The summed E-state index contributed by atoms with van der Waals surface area (Å²) in [4.78, 5) is 0. The van der Waals surface area contributed by atoms with Crippen molar-refractivity contribution < 1.29 is 9.84 Å². The van der Waals surface area contributed by atoms with Gasteiger partial charge in [-0.25, -0.2) is 0 Å². The Balaban J connectivity index is 1.54. The third-order valence-electron chi connectivity index (χ3n) is 4.61. The lowest BCUT2D eigenvalue weighted by molar-refractivity contribution is -0.00659. The van der Waals surface area contributed by atoms with Crippen molar-refractivity contribution in [1.82, 2.24) is 5.32 Å². The monoisotopic (exact) mass is 255 g/mol. The van der Waals surface area contributed by atoms with Crippen molar-refractivity contribution in [2.75, 3.05) is 13.2 Å². The van der Waals surface area contributed by atoms with Crippen LogP contribution in [0.5, 0.6) is 0 Å². The highest BCUT2D eigenvalue weighted by atomic mass is 16.5. The Morgan fingerprint density at radius 2 is 1.72 bits per heavy atom. The minimum absolute atomic E-state index is 0.352. The van der Waals surface area contributed by atoms with Crippen LogP contribution in [0.4, 0.5) is 0 Å². The van der Waals surface area contributed by atoms with Crippen LogP contribution >= 0.6 is 0 Å². The van der Waals surface area contributed by atoms with E-state index >= 15 is 0 Å². The molecule has 2 unspecified atom stereocenters. The van der Waals surface area contributed by atoms with Crippen molar-refractivity contribution >= 4 is 0 Å². The zero-order valence-electron chi connectivity index (χ0n) is 11.7. The predicted octanol–water partition coefficient (Wildman–Crippen LogP) is 2.47. The molecule has 0 aromatic heterocycles. The number of aliphatic hydroxyl groups is 1. The minimum atomic E-state index is -0.352. The van der Waals surface area contributed by atoms with Gasteiger partial charge in [0, 0.05) is 12.6 Å². The summed E-state index contributed by atoms with van der Waals surface area (Å²) in [7, 11) is 0. The predicted molar refractivity (Wildman–Crippen MR) is 73.6 cm³/mol. The second-order valence-corrected chi connectivity index (χ2v) is 6.14. The van der Waals surface area contributed by atoms with Crippen molar-refractivity contribution in [2.24, 2.45) is 5.92 Å². The van der Waals surface area contributed by atoms with Gasteiger partial charge in [-0.3, -0.25) is 0 Å². The maximum absolute atomic E-state index is 9.91. The number of rotatable bonds is 7. The largest absolute Gasteiger partial charge is 0.389 e. The molecule has 3 heteroatoms. The zero-order valence-corrected chi connectivity index (χ0v) is 11.7. The molecule has 0 aromatic carbocycles. The molecule has 0 saturated heterocycles. The van der Waals surface area contributed by atoms with Gasteiger partial charge in [-0.2, -0.15) is 0 Å². The molecule has 2 saturated carbocycles. The van der Waals surface area contributed by atoms with Crippen LogP contribution in [0, 0.1) is 5.92 Å².